The Morgan fingerprint density at radius 3 is 2.55 bits per heavy atom. The number of unbranched alkanes of at least 4 members (excludes halogenated alkanes) is 1. The molecule has 2 rings (SSSR count). The SMILES string of the molecule is CCCCC(Nc1ccc(Cl)cc1F)c1ccccc1. The molecule has 0 aliphatic carbocycles. The van der Waals surface area contributed by atoms with E-state index >= 15 is 0 Å². The van der Waals surface area contributed by atoms with Crippen LogP contribution in [0.5, 0.6) is 0 Å². The second kappa shape index (κ2) is 7.30. The molecule has 0 heterocycles. The summed E-state index contributed by atoms with van der Waals surface area (Å²) in [6.07, 6.45) is 3.19. The summed E-state index contributed by atoms with van der Waals surface area (Å²) in [6, 6.07) is 15.0. The molecule has 1 unspecified atom stereocenters. The molecule has 0 amide bonds. The minimum Gasteiger partial charge on any atom is -0.376 e. The molecule has 3 heteroatoms. The predicted molar refractivity (Wildman–Crippen MR) is 83.7 cm³/mol. The molecule has 0 aliphatic heterocycles. The Labute approximate surface area is 124 Å². The van der Waals surface area contributed by atoms with E-state index < -0.39 is 0 Å². The summed E-state index contributed by atoms with van der Waals surface area (Å²) in [4.78, 5) is 0. The van der Waals surface area contributed by atoms with Crippen LogP contribution < -0.4 is 5.32 Å². The van der Waals surface area contributed by atoms with Crippen molar-refractivity contribution < 1.29 is 4.39 Å². The first kappa shape index (κ1) is 14.9. The highest BCUT2D eigenvalue weighted by Crippen LogP contribution is 2.27. The van der Waals surface area contributed by atoms with Gasteiger partial charge in [0.2, 0.25) is 0 Å². The molecular formula is C17H19ClFN. The number of benzene rings is 2. The van der Waals surface area contributed by atoms with Crippen molar-refractivity contribution in [3.63, 3.8) is 0 Å². The lowest BCUT2D eigenvalue weighted by molar-refractivity contribution is 0.607. The largest absolute Gasteiger partial charge is 0.376 e. The molecule has 0 saturated heterocycles. The summed E-state index contributed by atoms with van der Waals surface area (Å²) in [5.41, 5.74) is 1.68. The van der Waals surface area contributed by atoms with Gasteiger partial charge in [0.25, 0.3) is 0 Å². The average Bonchev–Trinajstić information content (AvgIpc) is 2.46. The normalized spacial score (nSPS) is 12.2. The van der Waals surface area contributed by atoms with Crippen LogP contribution in [-0.4, -0.2) is 0 Å². The standard InChI is InChI=1S/C17H19ClFN/c1-2-3-9-16(13-7-5-4-6-8-13)20-17-11-10-14(18)12-15(17)19/h4-8,10-12,16,20H,2-3,9H2,1H3. The van der Waals surface area contributed by atoms with Crippen molar-refractivity contribution in [2.75, 3.05) is 5.32 Å². The van der Waals surface area contributed by atoms with Crippen LogP contribution in [0.2, 0.25) is 5.02 Å². The fourth-order valence-corrected chi connectivity index (χ4v) is 2.37. The zero-order valence-electron chi connectivity index (χ0n) is 11.6. The molecule has 0 aromatic heterocycles. The molecule has 1 N–H and O–H groups in total. The van der Waals surface area contributed by atoms with Crippen LogP contribution in [0.1, 0.15) is 37.8 Å². The number of halogens is 2. The van der Waals surface area contributed by atoms with Gasteiger partial charge in [0.1, 0.15) is 5.82 Å². The van der Waals surface area contributed by atoms with E-state index in [0.29, 0.717) is 10.7 Å². The van der Waals surface area contributed by atoms with Crippen molar-refractivity contribution in [3.8, 4) is 0 Å². The van der Waals surface area contributed by atoms with Crippen LogP contribution in [0.25, 0.3) is 0 Å². The molecule has 1 atom stereocenters. The number of anilines is 1. The van der Waals surface area contributed by atoms with E-state index in [9.17, 15) is 4.39 Å². The summed E-state index contributed by atoms with van der Waals surface area (Å²) in [5.74, 6) is -0.310. The topological polar surface area (TPSA) is 12.0 Å². The highest BCUT2D eigenvalue weighted by Gasteiger charge is 2.13. The molecule has 1 nitrogen and oxygen atoms in total. The smallest absolute Gasteiger partial charge is 0.147 e. The third-order valence-electron chi connectivity index (χ3n) is 3.31. The van der Waals surface area contributed by atoms with Gasteiger partial charge < -0.3 is 5.32 Å². The molecule has 0 fully saturated rings. The summed E-state index contributed by atoms with van der Waals surface area (Å²) >= 11 is 5.79. The summed E-state index contributed by atoms with van der Waals surface area (Å²) in [7, 11) is 0. The van der Waals surface area contributed by atoms with E-state index in [0.717, 1.165) is 19.3 Å². The molecule has 0 bridgehead atoms. The Balaban J connectivity index is 2.19. The van der Waals surface area contributed by atoms with Crippen molar-refractivity contribution in [1.29, 1.82) is 0 Å². The maximum Gasteiger partial charge on any atom is 0.147 e. The van der Waals surface area contributed by atoms with Crippen molar-refractivity contribution >= 4 is 17.3 Å². The minimum absolute atomic E-state index is 0.117. The van der Waals surface area contributed by atoms with E-state index in [2.05, 4.69) is 24.4 Å². The van der Waals surface area contributed by atoms with Gasteiger partial charge in [-0.1, -0.05) is 61.7 Å². The first-order valence-corrected chi connectivity index (χ1v) is 7.35. The van der Waals surface area contributed by atoms with Gasteiger partial charge in [-0.2, -0.15) is 0 Å². The van der Waals surface area contributed by atoms with Crippen LogP contribution in [0.15, 0.2) is 48.5 Å². The van der Waals surface area contributed by atoms with Crippen molar-refractivity contribution in [2.45, 2.75) is 32.2 Å². The summed E-state index contributed by atoms with van der Waals surface area (Å²) in [6.45, 7) is 2.16. The lowest BCUT2D eigenvalue weighted by atomic mass is 10.0. The van der Waals surface area contributed by atoms with Gasteiger partial charge in [-0.05, 0) is 30.2 Å². The third-order valence-corrected chi connectivity index (χ3v) is 3.54. The molecule has 20 heavy (non-hydrogen) atoms. The maximum absolute atomic E-state index is 13.9. The average molecular weight is 292 g/mol. The summed E-state index contributed by atoms with van der Waals surface area (Å²) in [5, 5.41) is 3.71. The molecule has 2 aromatic carbocycles. The van der Waals surface area contributed by atoms with Gasteiger partial charge in [-0.3, -0.25) is 0 Å². The Morgan fingerprint density at radius 2 is 1.90 bits per heavy atom. The van der Waals surface area contributed by atoms with Gasteiger partial charge >= 0.3 is 0 Å². The van der Waals surface area contributed by atoms with Crippen molar-refractivity contribution in [2.24, 2.45) is 0 Å². The molecule has 106 valence electrons. The first-order chi connectivity index (χ1) is 9.70. The fraction of sp³-hybridized carbons (Fsp3) is 0.294. The zero-order chi connectivity index (χ0) is 14.4. The number of hydrogen-bond donors (Lipinski definition) is 1. The number of nitrogens with one attached hydrogen (secondary N) is 1. The van der Waals surface area contributed by atoms with E-state index in [4.69, 9.17) is 11.6 Å². The predicted octanol–water partition coefficient (Wildman–Crippen LogP) is 5.82. The fourth-order valence-electron chi connectivity index (χ4n) is 2.21. The van der Waals surface area contributed by atoms with E-state index in [1.54, 1.807) is 12.1 Å². The number of rotatable bonds is 6. The highest BCUT2D eigenvalue weighted by atomic mass is 35.5. The maximum atomic E-state index is 13.9. The third kappa shape index (κ3) is 3.97. The first-order valence-electron chi connectivity index (χ1n) is 6.97. The van der Waals surface area contributed by atoms with Crippen LogP contribution in [0.4, 0.5) is 10.1 Å². The molecule has 0 spiro atoms. The Kier molecular flexibility index (Phi) is 5.42. The van der Waals surface area contributed by atoms with Gasteiger partial charge in [0, 0.05) is 5.02 Å². The molecule has 0 aliphatic rings. The molecular weight excluding hydrogens is 273 g/mol. The van der Waals surface area contributed by atoms with Crippen molar-refractivity contribution in [3.05, 3.63) is 64.9 Å². The van der Waals surface area contributed by atoms with Crippen molar-refractivity contribution in [1.82, 2.24) is 0 Å². The lowest BCUT2D eigenvalue weighted by Gasteiger charge is -2.20. The highest BCUT2D eigenvalue weighted by molar-refractivity contribution is 6.30. The van der Waals surface area contributed by atoms with Gasteiger partial charge in [0.15, 0.2) is 0 Å². The van der Waals surface area contributed by atoms with E-state index in [1.807, 2.05) is 18.2 Å². The second-order valence-electron chi connectivity index (χ2n) is 4.87. The monoisotopic (exact) mass is 291 g/mol. The van der Waals surface area contributed by atoms with Gasteiger partial charge in [0.05, 0.1) is 11.7 Å². The van der Waals surface area contributed by atoms with Crippen LogP contribution >= 0.6 is 11.6 Å². The molecule has 0 radical (unpaired) electrons. The van der Waals surface area contributed by atoms with Gasteiger partial charge in [-0.15, -0.1) is 0 Å². The van der Waals surface area contributed by atoms with Crippen LogP contribution in [0, 0.1) is 5.82 Å². The van der Waals surface area contributed by atoms with Gasteiger partial charge in [-0.25, -0.2) is 4.39 Å². The minimum atomic E-state index is -0.310. The Hall–Kier alpha value is -1.54. The zero-order valence-corrected chi connectivity index (χ0v) is 12.3. The lowest BCUT2D eigenvalue weighted by Crippen LogP contribution is -2.11. The Morgan fingerprint density at radius 1 is 1.15 bits per heavy atom. The Bertz CT molecular complexity index is 542. The summed E-state index contributed by atoms with van der Waals surface area (Å²) < 4.78 is 13.9. The molecule has 0 saturated carbocycles. The van der Waals surface area contributed by atoms with Crippen LogP contribution in [-0.2, 0) is 0 Å². The van der Waals surface area contributed by atoms with E-state index in [-0.39, 0.29) is 11.9 Å². The van der Waals surface area contributed by atoms with Crippen LogP contribution in [0.3, 0.4) is 0 Å². The number of hydrogen-bond acceptors (Lipinski definition) is 1. The quantitative estimate of drug-likeness (QED) is 0.707. The molecule has 2 aromatic rings. The second-order valence-corrected chi connectivity index (χ2v) is 5.31. The van der Waals surface area contributed by atoms with E-state index in [1.165, 1.54) is 11.6 Å².